The van der Waals surface area contributed by atoms with Crippen LogP contribution < -0.4 is 5.32 Å². The number of hydrogen-bond acceptors (Lipinski definition) is 3. The molecule has 2 aliphatic rings. The molecule has 114 valence electrons. The summed E-state index contributed by atoms with van der Waals surface area (Å²) in [5, 5.41) is 11.3. The van der Waals surface area contributed by atoms with E-state index >= 15 is 0 Å². The number of urea groups is 1. The number of nitrogens with one attached hydrogen (secondary N) is 1. The Morgan fingerprint density at radius 1 is 1.25 bits per heavy atom. The first-order valence-electron chi connectivity index (χ1n) is 7.53. The third kappa shape index (κ3) is 4.37. The van der Waals surface area contributed by atoms with Crippen LogP contribution in [0.25, 0.3) is 0 Å². The van der Waals surface area contributed by atoms with E-state index in [0.717, 1.165) is 45.4 Å². The van der Waals surface area contributed by atoms with Gasteiger partial charge in [-0.3, -0.25) is 4.79 Å². The fourth-order valence-electron chi connectivity index (χ4n) is 3.00. The Bertz CT molecular complexity index is 334. The molecule has 0 saturated carbocycles. The van der Waals surface area contributed by atoms with Crippen LogP contribution in [0.2, 0.25) is 0 Å². The fraction of sp³-hybridized carbons (Fsp3) is 0.857. The molecular weight excluding hydrogens is 260 g/mol. The first kappa shape index (κ1) is 15.1. The quantitative estimate of drug-likeness (QED) is 0.749. The van der Waals surface area contributed by atoms with Crippen molar-refractivity contribution in [1.29, 1.82) is 0 Å². The maximum Gasteiger partial charge on any atom is 0.317 e. The number of carbonyl (C=O) groups is 2. The maximum atomic E-state index is 11.9. The van der Waals surface area contributed by atoms with E-state index in [-0.39, 0.29) is 12.5 Å². The SMILES string of the molecule is O=C(O)CCCNC(=O)N1CCC(C2CCCO2)CC1. The largest absolute Gasteiger partial charge is 0.481 e. The second kappa shape index (κ2) is 7.47. The number of amides is 2. The first-order chi connectivity index (χ1) is 9.66. The molecule has 2 saturated heterocycles. The summed E-state index contributed by atoms with van der Waals surface area (Å²) in [7, 11) is 0. The summed E-state index contributed by atoms with van der Waals surface area (Å²) < 4.78 is 5.72. The van der Waals surface area contributed by atoms with Gasteiger partial charge in [-0.25, -0.2) is 4.79 Å². The molecule has 20 heavy (non-hydrogen) atoms. The highest BCUT2D eigenvalue weighted by Crippen LogP contribution is 2.28. The van der Waals surface area contributed by atoms with E-state index in [0.29, 0.717) is 25.0 Å². The van der Waals surface area contributed by atoms with Gasteiger partial charge in [0.25, 0.3) is 0 Å². The molecule has 0 spiro atoms. The summed E-state index contributed by atoms with van der Waals surface area (Å²) in [6.07, 6.45) is 5.31. The molecule has 2 heterocycles. The lowest BCUT2D eigenvalue weighted by Crippen LogP contribution is -2.46. The maximum absolute atomic E-state index is 11.9. The average molecular weight is 284 g/mol. The van der Waals surface area contributed by atoms with Gasteiger partial charge >= 0.3 is 12.0 Å². The van der Waals surface area contributed by atoms with Crippen molar-refractivity contribution in [2.24, 2.45) is 5.92 Å². The van der Waals surface area contributed by atoms with Gasteiger partial charge in [0.2, 0.25) is 0 Å². The molecule has 2 N–H and O–H groups in total. The first-order valence-corrected chi connectivity index (χ1v) is 7.53. The fourth-order valence-corrected chi connectivity index (χ4v) is 3.00. The molecular formula is C14H24N2O4. The Balaban J connectivity index is 1.62. The van der Waals surface area contributed by atoms with Crippen LogP contribution in [0.15, 0.2) is 0 Å². The van der Waals surface area contributed by atoms with E-state index in [1.54, 1.807) is 0 Å². The molecule has 2 rings (SSSR count). The minimum atomic E-state index is -0.823. The zero-order valence-corrected chi connectivity index (χ0v) is 11.8. The molecule has 0 aromatic rings. The van der Waals surface area contributed by atoms with Crippen molar-refractivity contribution in [3.63, 3.8) is 0 Å². The van der Waals surface area contributed by atoms with Crippen LogP contribution in [-0.4, -0.2) is 54.4 Å². The van der Waals surface area contributed by atoms with Crippen molar-refractivity contribution in [1.82, 2.24) is 10.2 Å². The summed E-state index contributed by atoms with van der Waals surface area (Å²) in [6.45, 7) is 2.86. The van der Waals surface area contributed by atoms with E-state index in [1.807, 2.05) is 4.90 Å². The van der Waals surface area contributed by atoms with E-state index in [2.05, 4.69) is 5.32 Å². The van der Waals surface area contributed by atoms with Gasteiger partial charge in [0, 0.05) is 32.7 Å². The van der Waals surface area contributed by atoms with Crippen LogP contribution in [0.3, 0.4) is 0 Å². The van der Waals surface area contributed by atoms with Crippen molar-refractivity contribution >= 4 is 12.0 Å². The van der Waals surface area contributed by atoms with Gasteiger partial charge in [0.15, 0.2) is 0 Å². The molecule has 6 heteroatoms. The van der Waals surface area contributed by atoms with Gasteiger partial charge in [-0.2, -0.15) is 0 Å². The number of ether oxygens (including phenoxy) is 1. The molecule has 6 nitrogen and oxygen atoms in total. The lowest BCUT2D eigenvalue weighted by atomic mass is 9.90. The number of carboxylic acid groups (broad SMARTS) is 1. The predicted molar refractivity (Wildman–Crippen MR) is 73.5 cm³/mol. The van der Waals surface area contributed by atoms with Gasteiger partial charge in [-0.05, 0) is 38.0 Å². The van der Waals surface area contributed by atoms with Crippen molar-refractivity contribution in [2.75, 3.05) is 26.2 Å². The second-order valence-corrected chi connectivity index (χ2v) is 5.61. The van der Waals surface area contributed by atoms with E-state index in [1.165, 1.54) is 0 Å². The van der Waals surface area contributed by atoms with Gasteiger partial charge < -0.3 is 20.1 Å². The lowest BCUT2D eigenvalue weighted by molar-refractivity contribution is -0.137. The average Bonchev–Trinajstić information content (AvgIpc) is 2.97. The minimum absolute atomic E-state index is 0.0684. The van der Waals surface area contributed by atoms with Crippen molar-refractivity contribution in [2.45, 2.75) is 44.6 Å². The van der Waals surface area contributed by atoms with Gasteiger partial charge in [0.05, 0.1) is 6.10 Å². The smallest absolute Gasteiger partial charge is 0.317 e. The van der Waals surface area contributed by atoms with Crippen LogP contribution in [-0.2, 0) is 9.53 Å². The molecule has 2 amide bonds. The highest BCUT2D eigenvalue weighted by molar-refractivity contribution is 5.74. The summed E-state index contributed by atoms with van der Waals surface area (Å²) in [6, 6.07) is -0.0684. The lowest BCUT2D eigenvalue weighted by Gasteiger charge is -2.34. The Hall–Kier alpha value is -1.30. The van der Waals surface area contributed by atoms with Crippen molar-refractivity contribution < 1.29 is 19.4 Å². The molecule has 2 aliphatic heterocycles. The second-order valence-electron chi connectivity index (χ2n) is 5.61. The van der Waals surface area contributed by atoms with Crippen LogP contribution in [0, 0.1) is 5.92 Å². The van der Waals surface area contributed by atoms with Crippen LogP contribution in [0.4, 0.5) is 4.79 Å². The van der Waals surface area contributed by atoms with Crippen LogP contribution in [0.1, 0.15) is 38.5 Å². The molecule has 1 unspecified atom stereocenters. The van der Waals surface area contributed by atoms with E-state index in [4.69, 9.17) is 9.84 Å². The number of hydrogen-bond donors (Lipinski definition) is 2. The minimum Gasteiger partial charge on any atom is -0.481 e. The topological polar surface area (TPSA) is 78.9 Å². The third-order valence-electron chi connectivity index (χ3n) is 4.16. The van der Waals surface area contributed by atoms with Gasteiger partial charge in [0.1, 0.15) is 0 Å². The third-order valence-corrected chi connectivity index (χ3v) is 4.16. The van der Waals surface area contributed by atoms with Crippen LogP contribution in [0.5, 0.6) is 0 Å². The number of piperidine rings is 1. The summed E-state index contributed by atoms with van der Waals surface area (Å²) >= 11 is 0. The van der Waals surface area contributed by atoms with Crippen molar-refractivity contribution in [3.8, 4) is 0 Å². The Labute approximate surface area is 119 Å². The Kier molecular flexibility index (Phi) is 5.64. The van der Waals surface area contributed by atoms with Gasteiger partial charge in [-0.1, -0.05) is 0 Å². The zero-order chi connectivity index (χ0) is 14.4. The molecule has 0 aromatic carbocycles. The highest BCUT2D eigenvalue weighted by atomic mass is 16.5. The number of nitrogens with zero attached hydrogens (tertiary/aromatic N) is 1. The number of likely N-dealkylation sites (tertiary alicyclic amines) is 1. The Morgan fingerprint density at radius 2 is 2.00 bits per heavy atom. The number of carboxylic acids is 1. The predicted octanol–water partition coefficient (Wildman–Crippen LogP) is 1.45. The summed E-state index contributed by atoms with van der Waals surface area (Å²) in [4.78, 5) is 24.1. The normalized spacial score (nSPS) is 23.8. The standard InChI is InChI=1S/C14H24N2O4/c17-13(18)4-1-7-15-14(19)16-8-5-11(6-9-16)12-3-2-10-20-12/h11-12H,1-10H2,(H,15,19)(H,17,18). The molecule has 2 fully saturated rings. The number of carbonyl (C=O) groups excluding carboxylic acids is 1. The number of aliphatic carboxylic acids is 1. The summed E-state index contributed by atoms with van der Waals surface area (Å²) in [5.74, 6) is -0.231. The summed E-state index contributed by atoms with van der Waals surface area (Å²) in [5.41, 5.74) is 0. The highest BCUT2D eigenvalue weighted by Gasteiger charge is 2.30. The van der Waals surface area contributed by atoms with E-state index in [9.17, 15) is 9.59 Å². The number of rotatable bonds is 5. The zero-order valence-electron chi connectivity index (χ0n) is 11.8. The Morgan fingerprint density at radius 3 is 2.60 bits per heavy atom. The molecule has 0 bridgehead atoms. The molecule has 0 aliphatic carbocycles. The molecule has 1 atom stereocenters. The molecule has 0 aromatic heterocycles. The monoisotopic (exact) mass is 284 g/mol. The van der Waals surface area contributed by atoms with Gasteiger partial charge in [-0.15, -0.1) is 0 Å². The van der Waals surface area contributed by atoms with E-state index < -0.39 is 5.97 Å². The van der Waals surface area contributed by atoms with Crippen LogP contribution >= 0.6 is 0 Å². The van der Waals surface area contributed by atoms with Crippen molar-refractivity contribution in [3.05, 3.63) is 0 Å². The molecule has 0 radical (unpaired) electrons.